The second kappa shape index (κ2) is 5.96. The molecule has 0 saturated carbocycles. The first-order valence-corrected chi connectivity index (χ1v) is 7.04. The van der Waals surface area contributed by atoms with E-state index >= 15 is 0 Å². The van der Waals surface area contributed by atoms with E-state index in [-0.39, 0.29) is 18.1 Å². The summed E-state index contributed by atoms with van der Waals surface area (Å²) >= 11 is 0. The molecule has 0 aliphatic heterocycles. The molecule has 0 unspecified atom stereocenters. The molecule has 0 saturated heterocycles. The SMILES string of the molecule is COc1ccc(NC(=O)Cn2c(=O)n(C)c3ccccc32)cn1. The predicted octanol–water partition coefficient (Wildman–Crippen LogP) is 1.38. The van der Waals surface area contributed by atoms with Gasteiger partial charge < -0.3 is 10.1 Å². The number of rotatable bonds is 4. The second-order valence-corrected chi connectivity index (χ2v) is 5.05. The maximum Gasteiger partial charge on any atom is 0.329 e. The van der Waals surface area contributed by atoms with Gasteiger partial charge in [-0.2, -0.15) is 0 Å². The molecule has 3 rings (SSSR count). The molecule has 0 aliphatic rings. The maximum atomic E-state index is 12.3. The third-order valence-corrected chi connectivity index (χ3v) is 3.58. The van der Waals surface area contributed by atoms with Crippen LogP contribution in [-0.2, 0) is 18.4 Å². The Kier molecular flexibility index (Phi) is 3.84. The van der Waals surface area contributed by atoms with E-state index in [2.05, 4.69) is 10.3 Å². The van der Waals surface area contributed by atoms with E-state index < -0.39 is 0 Å². The minimum Gasteiger partial charge on any atom is -0.481 e. The lowest BCUT2D eigenvalue weighted by molar-refractivity contribution is -0.116. The lowest BCUT2D eigenvalue weighted by Gasteiger charge is -2.06. The van der Waals surface area contributed by atoms with Crippen molar-refractivity contribution in [3.63, 3.8) is 0 Å². The summed E-state index contributed by atoms with van der Waals surface area (Å²) in [5.74, 6) is 0.170. The van der Waals surface area contributed by atoms with E-state index in [9.17, 15) is 9.59 Å². The van der Waals surface area contributed by atoms with Crippen molar-refractivity contribution in [2.75, 3.05) is 12.4 Å². The lowest BCUT2D eigenvalue weighted by atomic mass is 10.3. The quantitative estimate of drug-likeness (QED) is 0.789. The van der Waals surface area contributed by atoms with Crippen LogP contribution in [0.5, 0.6) is 5.88 Å². The highest BCUT2D eigenvalue weighted by Crippen LogP contribution is 2.13. The first-order valence-electron chi connectivity index (χ1n) is 7.04. The average Bonchev–Trinajstić information content (AvgIpc) is 2.81. The van der Waals surface area contributed by atoms with E-state index in [1.165, 1.54) is 22.4 Å². The fourth-order valence-electron chi connectivity index (χ4n) is 2.44. The molecule has 0 radical (unpaired) electrons. The molecule has 7 heteroatoms. The summed E-state index contributed by atoms with van der Waals surface area (Å²) in [7, 11) is 3.21. The predicted molar refractivity (Wildman–Crippen MR) is 86.6 cm³/mol. The van der Waals surface area contributed by atoms with Crippen molar-refractivity contribution in [2.45, 2.75) is 6.54 Å². The Morgan fingerprint density at radius 3 is 2.61 bits per heavy atom. The molecule has 0 atom stereocenters. The Balaban J connectivity index is 1.83. The number of imidazole rings is 1. The van der Waals surface area contributed by atoms with Crippen LogP contribution in [0.15, 0.2) is 47.4 Å². The Morgan fingerprint density at radius 2 is 1.96 bits per heavy atom. The number of methoxy groups -OCH3 is 1. The molecule has 2 heterocycles. The number of benzene rings is 1. The van der Waals surface area contributed by atoms with Gasteiger partial charge >= 0.3 is 5.69 Å². The van der Waals surface area contributed by atoms with Gasteiger partial charge in [-0.05, 0) is 18.2 Å². The molecule has 1 amide bonds. The zero-order valence-electron chi connectivity index (χ0n) is 12.8. The van der Waals surface area contributed by atoms with Crippen molar-refractivity contribution in [2.24, 2.45) is 7.05 Å². The van der Waals surface area contributed by atoms with Crippen molar-refractivity contribution >= 4 is 22.6 Å². The Hall–Kier alpha value is -3.09. The van der Waals surface area contributed by atoms with Crippen LogP contribution in [0.1, 0.15) is 0 Å². The number of amides is 1. The number of carbonyl (C=O) groups is 1. The van der Waals surface area contributed by atoms with Crippen LogP contribution in [0.4, 0.5) is 5.69 Å². The number of nitrogens with zero attached hydrogens (tertiary/aromatic N) is 3. The average molecular weight is 312 g/mol. The van der Waals surface area contributed by atoms with Crippen molar-refractivity contribution in [3.05, 3.63) is 53.1 Å². The first-order chi connectivity index (χ1) is 11.1. The fourth-order valence-corrected chi connectivity index (χ4v) is 2.44. The van der Waals surface area contributed by atoms with Crippen molar-refractivity contribution in [1.82, 2.24) is 14.1 Å². The third kappa shape index (κ3) is 2.80. The van der Waals surface area contributed by atoms with E-state index in [1.54, 1.807) is 19.2 Å². The molecule has 0 spiro atoms. The van der Waals surface area contributed by atoms with Gasteiger partial charge in [0.2, 0.25) is 11.8 Å². The number of fused-ring (bicyclic) bond motifs is 1. The van der Waals surface area contributed by atoms with Gasteiger partial charge in [0.05, 0.1) is 30.0 Å². The lowest BCUT2D eigenvalue weighted by Crippen LogP contribution is -2.28. The number of aryl methyl sites for hydroxylation is 1. The summed E-state index contributed by atoms with van der Waals surface area (Å²) in [6.07, 6.45) is 1.50. The number of nitrogens with one attached hydrogen (secondary N) is 1. The summed E-state index contributed by atoms with van der Waals surface area (Å²) in [6, 6.07) is 10.7. The maximum absolute atomic E-state index is 12.3. The number of hydrogen-bond acceptors (Lipinski definition) is 4. The molecule has 0 bridgehead atoms. The molecule has 0 fully saturated rings. The Labute approximate surface area is 132 Å². The molecule has 1 N–H and O–H groups in total. The molecule has 3 aromatic rings. The molecule has 0 aliphatic carbocycles. The number of pyridine rings is 1. The second-order valence-electron chi connectivity index (χ2n) is 5.05. The van der Waals surface area contributed by atoms with Gasteiger partial charge in [0, 0.05) is 13.1 Å². The molecule has 1 aromatic carbocycles. The largest absolute Gasteiger partial charge is 0.481 e. The number of hydrogen-bond donors (Lipinski definition) is 1. The van der Waals surface area contributed by atoms with Gasteiger partial charge in [-0.3, -0.25) is 13.9 Å². The van der Waals surface area contributed by atoms with E-state index in [0.717, 1.165) is 11.0 Å². The summed E-state index contributed by atoms with van der Waals surface area (Å²) in [4.78, 5) is 28.5. The normalized spacial score (nSPS) is 10.7. The van der Waals surface area contributed by atoms with Crippen molar-refractivity contribution < 1.29 is 9.53 Å². The molecule has 7 nitrogen and oxygen atoms in total. The summed E-state index contributed by atoms with van der Waals surface area (Å²) in [5, 5.41) is 2.72. The van der Waals surface area contributed by atoms with Crippen molar-refractivity contribution in [1.29, 1.82) is 0 Å². The molecule has 118 valence electrons. The zero-order valence-corrected chi connectivity index (χ0v) is 12.8. The molecule has 2 aromatic heterocycles. The van der Waals surface area contributed by atoms with E-state index in [0.29, 0.717) is 11.6 Å². The van der Waals surface area contributed by atoms with E-state index in [4.69, 9.17) is 4.74 Å². The summed E-state index contributed by atoms with van der Waals surface area (Å²) in [5.41, 5.74) is 1.83. The Morgan fingerprint density at radius 1 is 1.22 bits per heavy atom. The molecular weight excluding hydrogens is 296 g/mol. The number of aromatic nitrogens is 3. The van der Waals surface area contributed by atoms with Crippen molar-refractivity contribution in [3.8, 4) is 5.88 Å². The highest BCUT2D eigenvalue weighted by molar-refractivity contribution is 5.91. The van der Waals surface area contributed by atoms with Gasteiger partial charge in [-0.25, -0.2) is 9.78 Å². The van der Waals surface area contributed by atoms with Gasteiger partial charge in [-0.15, -0.1) is 0 Å². The van der Waals surface area contributed by atoms with Crippen LogP contribution in [0.3, 0.4) is 0 Å². The first kappa shape index (κ1) is 14.8. The summed E-state index contributed by atoms with van der Waals surface area (Å²) < 4.78 is 7.94. The third-order valence-electron chi connectivity index (χ3n) is 3.58. The zero-order chi connectivity index (χ0) is 16.4. The Bertz CT molecular complexity index is 909. The minimum absolute atomic E-state index is 0.0633. The highest BCUT2D eigenvalue weighted by Gasteiger charge is 2.13. The van der Waals surface area contributed by atoms with E-state index in [1.807, 2.05) is 24.3 Å². The van der Waals surface area contributed by atoms with Gasteiger partial charge in [0.1, 0.15) is 6.54 Å². The van der Waals surface area contributed by atoms with Crippen LogP contribution in [0.2, 0.25) is 0 Å². The number of para-hydroxylation sites is 2. The van der Waals surface area contributed by atoms with Gasteiger partial charge in [0.15, 0.2) is 0 Å². The van der Waals surface area contributed by atoms with Crippen LogP contribution >= 0.6 is 0 Å². The number of ether oxygens (including phenoxy) is 1. The van der Waals surface area contributed by atoms with Crippen LogP contribution < -0.4 is 15.7 Å². The molecular formula is C16H16N4O3. The summed E-state index contributed by atoms with van der Waals surface area (Å²) in [6.45, 7) is -0.0633. The fraction of sp³-hybridized carbons (Fsp3) is 0.188. The number of anilines is 1. The topological polar surface area (TPSA) is 78.1 Å². The van der Waals surface area contributed by atoms with Crippen LogP contribution in [-0.4, -0.2) is 27.1 Å². The van der Waals surface area contributed by atoms with Gasteiger partial charge in [-0.1, -0.05) is 12.1 Å². The molecule has 23 heavy (non-hydrogen) atoms. The standard InChI is InChI=1S/C16H16N4O3/c1-19-12-5-3-4-6-13(12)20(16(19)22)10-14(21)18-11-7-8-15(23-2)17-9-11/h3-9H,10H2,1-2H3,(H,18,21). The minimum atomic E-state index is -0.296. The number of carbonyl (C=O) groups excluding carboxylic acids is 1. The highest BCUT2D eigenvalue weighted by atomic mass is 16.5. The van der Waals surface area contributed by atoms with Gasteiger partial charge in [0.25, 0.3) is 0 Å². The van der Waals surface area contributed by atoms with Crippen LogP contribution in [0.25, 0.3) is 11.0 Å². The monoisotopic (exact) mass is 312 g/mol. The van der Waals surface area contributed by atoms with Crippen LogP contribution in [0, 0.1) is 0 Å². The smallest absolute Gasteiger partial charge is 0.329 e.